The molecule has 2 aromatic carbocycles. The van der Waals surface area contributed by atoms with Gasteiger partial charge in [-0.25, -0.2) is 0 Å². The van der Waals surface area contributed by atoms with Crippen molar-refractivity contribution in [2.75, 3.05) is 11.9 Å². The summed E-state index contributed by atoms with van der Waals surface area (Å²) in [6, 6.07) is 9.36. The van der Waals surface area contributed by atoms with Crippen LogP contribution in [-0.2, 0) is 0 Å². The van der Waals surface area contributed by atoms with Crippen LogP contribution in [0.5, 0.6) is 0 Å². The van der Waals surface area contributed by atoms with Crippen molar-refractivity contribution < 1.29 is 14.6 Å². The second kappa shape index (κ2) is 6.84. The van der Waals surface area contributed by atoms with Gasteiger partial charge in [-0.3, -0.25) is 25.0 Å². The number of benzene rings is 2. The third-order valence-corrected chi connectivity index (χ3v) is 3.28. The minimum Gasteiger partial charge on any atom is -0.378 e. The van der Waals surface area contributed by atoms with Crippen LogP contribution < -0.4 is 5.32 Å². The van der Waals surface area contributed by atoms with Crippen LogP contribution in [0.2, 0.25) is 5.02 Å². The molecule has 0 saturated heterocycles. The first-order chi connectivity index (χ1) is 10.9. The zero-order valence-corrected chi connectivity index (χ0v) is 12.3. The maximum atomic E-state index is 12.0. The molecular weight excluding hydrogens is 326 g/mol. The fourth-order valence-corrected chi connectivity index (χ4v) is 2.09. The van der Waals surface area contributed by atoms with Gasteiger partial charge in [0.05, 0.1) is 16.4 Å². The largest absolute Gasteiger partial charge is 0.378 e. The van der Waals surface area contributed by atoms with Crippen LogP contribution in [0.15, 0.2) is 42.5 Å². The Labute approximate surface area is 135 Å². The molecule has 0 aliphatic heterocycles. The molecule has 1 N–H and O–H groups in total. The highest BCUT2D eigenvalue weighted by Gasteiger charge is 2.14. The Kier molecular flexibility index (Phi) is 4.87. The van der Waals surface area contributed by atoms with Crippen molar-refractivity contribution in [1.29, 1.82) is 0 Å². The van der Waals surface area contributed by atoms with E-state index in [1.54, 1.807) is 0 Å². The van der Waals surface area contributed by atoms with Gasteiger partial charge in [0, 0.05) is 29.4 Å². The zero-order valence-electron chi connectivity index (χ0n) is 11.6. The molecule has 2 aromatic rings. The lowest BCUT2D eigenvalue weighted by molar-refractivity contribution is -0.385. The number of non-ortho nitro benzene ring substituents is 1. The predicted molar refractivity (Wildman–Crippen MR) is 84.0 cm³/mol. The van der Waals surface area contributed by atoms with Gasteiger partial charge in [0.1, 0.15) is 5.02 Å². The van der Waals surface area contributed by atoms with Gasteiger partial charge in [0.25, 0.3) is 11.4 Å². The molecule has 0 heterocycles. The first-order valence-corrected chi connectivity index (χ1v) is 6.72. The molecule has 0 radical (unpaired) electrons. The number of hydrogen-bond donors (Lipinski definition) is 1. The number of rotatable bonds is 6. The molecule has 0 aliphatic rings. The molecule has 0 aromatic heterocycles. The number of carbonyl (C=O) groups excluding carboxylic acids is 1. The molecule has 0 atom stereocenters. The number of nitro benzene ring substituents is 2. The van der Waals surface area contributed by atoms with E-state index in [0.717, 1.165) is 0 Å². The average Bonchev–Trinajstić information content (AvgIpc) is 2.52. The van der Waals surface area contributed by atoms with Crippen molar-refractivity contribution in [1.82, 2.24) is 0 Å². The summed E-state index contributed by atoms with van der Waals surface area (Å²) in [5.41, 5.74) is 0.218. The van der Waals surface area contributed by atoms with Crippen molar-refractivity contribution in [3.8, 4) is 0 Å². The van der Waals surface area contributed by atoms with Crippen LogP contribution in [-0.4, -0.2) is 22.2 Å². The Morgan fingerprint density at radius 1 is 1.09 bits per heavy atom. The first-order valence-electron chi connectivity index (χ1n) is 6.34. The highest BCUT2D eigenvalue weighted by Crippen LogP contribution is 2.27. The molecule has 0 amide bonds. The van der Waals surface area contributed by atoms with Gasteiger partial charge in [0.15, 0.2) is 5.78 Å². The maximum absolute atomic E-state index is 12.0. The second-order valence-corrected chi connectivity index (χ2v) is 4.91. The van der Waals surface area contributed by atoms with Crippen molar-refractivity contribution in [3.05, 3.63) is 73.3 Å². The minimum atomic E-state index is -0.611. The molecular formula is C14H10ClN3O5. The number of Topliss-reactive ketones (excluding diaryl/α,β-unsaturated/α-hetero) is 1. The summed E-state index contributed by atoms with van der Waals surface area (Å²) >= 11 is 5.77. The van der Waals surface area contributed by atoms with E-state index in [1.165, 1.54) is 42.5 Å². The smallest absolute Gasteiger partial charge is 0.288 e. The number of nitrogens with one attached hydrogen (secondary N) is 1. The Hall–Kier alpha value is -3.00. The Morgan fingerprint density at radius 3 is 2.43 bits per heavy atom. The van der Waals surface area contributed by atoms with Crippen molar-refractivity contribution in [3.63, 3.8) is 0 Å². The van der Waals surface area contributed by atoms with Crippen LogP contribution in [0.3, 0.4) is 0 Å². The number of halogens is 1. The quantitative estimate of drug-likeness (QED) is 0.491. The van der Waals surface area contributed by atoms with E-state index < -0.39 is 9.85 Å². The van der Waals surface area contributed by atoms with E-state index >= 15 is 0 Å². The highest BCUT2D eigenvalue weighted by molar-refractivity contribution is 6.32. The topological polar surface area (TPSA) is 115 Å². The number of anilines is 1. The van der Waals surface area contributed by atoms with Gasteiger partial charge in [-0.2, -0.15) is 0 Å². The molecule has 0 spiro atoms. The monoisotopic (exact) mass is 335 g/mol. The fourth-order valence-electron chi connectivity index (χ4n) is 1.84. The number of ketones is 1. The summed E-state index contributed by atoms with van der Waals surface area (Å²) in [6.45, 7) is -0.130. The Bertz CT molecular complexity index is 794. The third-order valence-electron chi connectivity index (χ3n) is 2.98. The fraction of sp³-hybridized carbons (Fsp3) is 0.0714. The molecule has 0 aliphatic carbocycles. The summed E-state index contributed by atoms with van der Waals surface area (Å²) in [5.74, 6) is -0.358. The molecule has 9 heteroatoms. The van der Waals surface area contributed by atoms with Crippen LogP contribution >= 0.6 is 11.6 Å². The number of carbonyl (C=O) groups is 1. The lowest BCUT2D eigenvalue weighted by Gasteiger charge is -2.06. The highest BCUT2D eigenvalue weighted by atomic mass is 35.5. The lowest BCUT2D eigenvalue weighted by atomic mass is 10.1. The predicted octanol–water partition coefficient (Wildman–Crippen LogP) is 3.45. The van der Waals surface area contributed by atoms with E-state index in [9.17, 15) is 25.0 Å². The summed E-state index contributed by atoms with van der Waals surface area (Å²) in [7, 11) is 0. The van der Waals surface area contributed by atoms with Crippen LogP contribution in [0, 0.1) is 20.2 Å². The van der Waals surface area contributed by atoms with E-state index in [2.05, 4.69) is 5.32 Å². The van der Waals surface area contributed by atoms with Crippen LogP contribution in [0.25, 0.3) is 0 Å². The average molecular weight is 336 g/mol. The maximum Gasteiger partial charge on any atom is 0.288 e. The SMILES string of the molecule is O=C(CNc1ccc([N+](=O)[O-])c(Cl)c1)c1cccc([N+](=O)[O-])c1. The van der Waals surface area contributed by atoms with Gasteiger partial charge in [-0.15, -0.1) is 0 Å². The number of hydrogen-bond acceptors (Lipinski definition) is 6. The third kappa shape index (κ3) is 4.01. The lowest BCUT2D eigenvalue weighted by Crippen LogP contribution is -2.14. The number of nitro groups is 2. The molecule has 23 heavy (non-hydrogen) atoms. The summed E-state index contributed by atoms with van der Waals surface area (Å²) in [6.07, 6.45) is 0. The van der Waals surface area contributed by atoms with Gasteiger partial charge < -0.3 is 5.32 Å². The molecule has 0 unspecified atom stereocenters. The molecule has 2 rings (SSSR count). The van der Waals surface area contributed by atoms with Gasteiger partial charge in [-0.1, -0.05) is 23.7 Å². The molecule has 118 valence electrons. The zero-order chi connectivity index (χ0) is 17.0. The second-order valence-electron chi connectivity index (χ2n) is 4.51. The number of nitrogens with zero attached hydrogens (tertiary/aromatic N) is 2. The first kappa shape index (κ1) is 16.4. The van der Waals surface area contributed by atoms with E-state index in [4.69, 9.17) is 11.6 Å². The van der Waals surface area contributed by atoms with E-state index in [0.29, 0.717) is 5.69 Å². The van der Waals surface area contributed by atoms with Gasteiger partial charge in [-0.05, 0) is 12.1 Å². The van der Waals surface area contributed by atoms with Crippen LogP contribution in [0.4, 0.5) is 17.1 Å². The summed E-state index contributed by atoms with van der Waals surface area (Å²) in [4.78, 5) is 32.2. The van der Waals surface area contributed by atoms with Crippen molar-refractivity contribution >= 4 is 34.4 Å². The van der Waals surface area contributed by atoms with Gasteiger partial charge >= 0.3 is 0 Å². The summed E-state index contributed by atoms with van der Waals surface area (Å²) < 4.78 is 0. The molecule has 0 fully saturated rings. The van der Waals surface area contributed by atoms with Crippen molar-refractivity contribution in [2.24, 2.45) is 0 Å². The Morgan fingerprint density at radius 2 is 1.83 bits per heavy atom. The standard InChI is InChI=1S/C14H10ClN3O5/c15-12-7-10(4-5-13(12)18(22)23)16-8-14(19)9-2-1-3-11(6-9)17(20)21/h1-7,16H,8H2. The molecule has 0 saturated carbocycles. The van der Waals surface area contributed by atoms with E-state index in [1.807, 2.05) is 0 Å². The van der Waals surface area contributed by atoms with Crippen molar-refractivity contribution in [2.45, 2.75) is 0 Å². The minimum absolute atomic E-state index is 0.0530. The molecule has 8 nitrogen and oxygen atoms in total. The molecule has 0 bridgehead atoms. The normalized spacial score (nSPS) is 10.1. The Balaban J connectivity index is 2.07. The van der Waals surface area contributed by atoms with E-state index in [-0.39, 0.29) is 34.3 Å². The van der Waals surface area contributed by atoms with Crippen LogP contribution in [0.1, 0.15) is 10.4 Å². The van der Waals surface area contributed by atoms with Gasteiger partial charge in [0.2, 0.25) is 0 Å². The summed E-state index contributed by atoms with van der Waals surface area (Å²) in [5, 5.41) is 24.1.